The van der Waals surface area contributed by atoms with Gasteiger partial charge in [-0.2, -0.15) is 0 Å². The van der Waals surface area contributed by atoms with Gasteiger partial charge in [-0.05, 0) is 24.3 Å². The number of anilines is 1. The van der Waals surface area contributed by atoms with Gasteiger partial charge in [0.25, 0.3) is 0 Å². The summed E-state index contributed by atoms with van der Waals surface area (Å²) in [7, 11) is 1.51. The second kappa shape index (κ2) is 7.82. The Hall–Kier alpha value is -3.15. The molecular weight excluding hydrogens is 334 g/mol. The number of carbonyl (C=O) groups excluding carboxylic acids is 3. The van der Waals surface area contributed by atoms with Crippen molar-refractivity contribution in [2.75, 3.05) is 25.2 Å². The molecule has 0 saturated carbocycles. The van der Waals surface area contributed by atoms with Crippen LogP contribution in [0.2, 0.25) is 0 Å². The fourth-order valence-corrected chi connectivity index (χ4v) is 2.86. The number of rotatable bonds is 6. The molecular formula is C20H19NO5. The zero-order valence-corrected chi connectivity index (χ0v) is 14.4. The van der Waals surface area contributed by atoms with Gasteiger partial charge in [0.05, 0.1) is 13.0 Å². The molecule has 0 spiro atoms. The monoisotopic (exact) mass is 353 g/mol. The summed E-state index contributed by atoms with van der Waals surface area (Å²) in [6, 6.07) is 15.8. The van der Waals surface area contributed by atoms with Crippen molar-refractivity contribution >= 4 is 23.3 Å². The van der Waals surface area contributed by atoms with E-state index in [-0.39, 0.29) is 31.3 Å². The third-order valence-electron chi connectivity index (χ3n) is 4.26. The number of ether oxygens (including phenoxy) is 2. The van der Waals surface area contributed by atoms with Gasteiger partial charge in [0.2, 0.25) is 5.91 Å². The summed E-state index contributed by atoms with van der Waals surface area (Å²) in [4.78, 5) is 38.1. The first kappa shape index (κ1) is 17.7. The van der Waals surface area contributed by atoms with Crippen LogP contribution in [0.15, 0.2) is 54.6 Å². The van der Waals surface area contributed by atoms with Crippen molar-refractivity contribution in [1.82, 2.24) is 0 Å². The van der Waals surface area contributed by atoms with Gasteiger partial charge in [0, 0.05) is 24.2 Å². The number of esters is 1. The van der Waals surface area contributed by atoms with E-state index in [2.05, 4.69) is 0 Å². The van der Waals surface area contributed by atoms with Crippen LogP contribution >= 0.6 is 0 Å². The molecule has 1 amide bonds. The Labute approximate surface area is 151 Å². The number of Topliss-reactive ketones (excluding diaryl/α,β-unsaturated/α-hetero) is 1. The molecule has 3 rings (SSSR count). The Balaban J connectivity index is 1.57. The van der Waals surface area contributed by atoms with Crippen LogP contribution in [0.4, 0.5) is 5.69 Å². The number of hydrogen-bond acceptors (Lipinski definition) is 5. The summed E-state index contributed by atoms with van der Waals surface area (Å²) in [6.45, 7) is -0.100. The van der Waals surface area contributed by atoms with Crippen molar-refractivity contribution in [3.05, 3.63) is 60.2 Å². The summed E-state index contributed by atoms with van der Waals surface area (Å²) >= 11 is 0. The second-order valence-corrected chi connectivity index (χ2v) is 6.00. The second-order valence-electron chi connectivity index (χ2n) is 6.00. The maximum absolute atomic E-state index is 12.2. The third-order valence-corrected chi connectivity index (χ3v) is 4.26. The molecule has 0 radical (unpaired) electrons. The molecule has 1 atom stereocenters. The zero-order valence-electron chi connectivity index (χ0n) is 14.4. The van der Waals surface area contributed by atoms with Crippen LogP contribution in [0.1, 0.15) is 16.8 Å². The van der Waals surface area contributed by atoms with Gasteiger partial charge in [0.1, 0.15) is 5.75 Å². The minimum atomic E-state index is -0.569. The van der Waals surface area contributed by atoms with Crippen molar-refractivity contribution < 1.29 is 23.9 Å². The number of carbonyl (C=O) groups is 3. The lowest BCUT2D eigenvalue weighted by atomic mass is 10.1. The predicted molar refractivity (Wildman–Crippen MR) is 95.2 cm³/mol. The Morgan fingerprint density at radius 3 is 2.62 bits per heavy atom. The number of ketones is 1. The molecule has 1 aliphatic rings. The molecule has 0 unspecified atom stereocenters. The van der Waals surface area contributed by atoms with Crippen LogP contribution in [-0.4, -0.2) is 37.9 Å². The van der Waals surface area contributed by atoms with Crippen molar-refractivity contribution in [3.8, 4) is 5.75 Å². The molecule has 2 aromatic rings. The zero-order chi connectivity index (χ0) is 18.5. The molecule has 1 heterocycles. The van der Waals surface area contributed by atoms with E-state index in [0.29, 0.717) is 11.3 Å². The van der Waals surface area contributed by atoms with Gasteiger partial charge in [-0.1, -0.05) is 30.3 Å². The van der Waals surface area contributed by atoms with Crippen LogP contribution in [0, 0.1) is 5.92 Å². The Kier molecular flexibility index (Phi) is 5.31. The maximum atomic E-state index is 12.2. The van der Waals surface area contributed by atoms with Crippen molar-refractivity contribution in [1.29, 1.82) is 0 Å². The topological polar surface area (TPSA) is 72.9 Å². The Bertz CT molecular complexity index is 818. The standard InChI is InChI=1S/C20H19NO5/c1-25-17-9-5-6-14(10-17)18(22)13-26-20(24)15-11-19(23)21(12-15)16-7-3-2-4-8-16/h2-10,15H,11-13H2,1H3/t15-/m1/s1. The molecule has 0 aromatic heterocycles. The molecule has 6 heteroatoms. The Morgan fingerprint density at radius 1 is 1.12 bits per heavy atom. The van der Waals surface area contributed by atoms with Crippen LogP contribution in [0.25, 0.3) is 0 Å². The molecule has 2 aromatic carbocycles. The van der Waals surface area contributed by atoms with Crippen LogP contribution in [-0.2, 0) is 14.3 Å². The third kappa shape index (κ3) is 3.91. The van der Waals surface area contributed by atoms with Gasteiger partial charge >= 0.3 is 5.97 Å². The van der Waals surface area contributed by atoms with Crippen molar-refractivity contribution in [3.63, 3.8) is 0 Å². The Morgan fingerprint density at radius 2 is 1.88 bits per heavy atom. The van der Waals surface area contributed by atoms with E-state index in [1.807, 2.05) is 30.3 Å². The molecule has 26 heavy (non-hydrogen) atoms. The number of hydrogen-bond donors (Lipinski definition) is 0. The van der Waals surface area contributed by atoms with E-state index in [1.54, 1.807) is 29.2 Å². The molecule has 1 saturated heterocycles. The summed E-state index contributed by atoms with van der Waals surface area (Å²) in [5, 5.41) is 0. The fourth-order valence-electron chi connectivity index (χ4n) is 2.86. The van der Waals surface area contributed by atoms with Gasteiger partial charge in [0.15, 0.2) is 12.4 Å². The first-order valence-electron chi connectivity index (χ1n) is 8.28. The van der Waals surface area contributed by atoms with Crippen LogP contribution < -0.4 is 9.64 Å². The van der Waals surface area contributed by atoms with E-state index in [1.165, 1.54) is 7.11 Å². The van der Waals surface area contributed by atoms with E-state index in [9.17, 15) is 14.4 Å². The summed E-state index contributed by atoms with van der Waals surface area (Å²) < 4.78 is 10.2. The smallest absolute Gasteiger partial charge is 0.311 e. The van der Waals surface area contributed by atoms with Gasteiger partial charge in [-0.15, -0.1) is 0 Å². The number of benzene rings is 2. The SMILES string of the molecule is COc1cccc(C(=O)COC(=O)[C@@H]2CC(=O)N(c3ccccc3)C2)c1. The lowest BCUT2D eigenvalue weighted by Gasteiger charge is -2.16. The maximum Gasteiger partial charge on any atom is 0.311 e. The number of nitrogens with zero attached hydrogens (tertiary/aromatic N) is 1. The summed E-state index contributed by atoms with van der Waals surface area (Å²) in [5.41, 5.74) is 1.16. The first-order chi connectivity index (χ1) is 12.6. The summed E-state index contributed by atoms with van der Waals surface area (Å²) in [5.74, 6) is -0.991. The molecule has 0 N–H and O–H groups in total. The minimum Gasteiger partial charge on any atom is -0.497 e. The van der Waals surface area contributed by atoms with E-state index in [4.69, 9.17) is 9.47 Å². The van der Waals surface area contributed by atoms with Crippen molar-refractivity contribution in [2.45, 2.75) is 6.42 Å². The number of methoxy groups -OCH3 is 1. The van der Waals surface area contributed by atoms with E-state index in [0.717, 1.165) is 5.69 Å². The average molecular weight is 353 g/mol. The highest BCUT2D eigenvalue weighted by atomic mass is 16.5. The first-order valence-corrected chi connectivity index (χ1v) is 8.28. The van der Waals surface area contributed by atoms with Crippen LogP contribution in [0.3, 0.4) is 0 Å². The van der Waals surface area contributed by atoms with Gasteiger partial charge in [-0.25, -0.2) is 0 Å². The molecule has 1 fully saturated rings. The largest absolute Gasteiger partial charge is 0.497 e. The highest BCUT2D eigenvalue weighted by molar-refractivity contribution is 6.01. The van der Waals surface area contributed by atoms with Gasteiger partial charge < -0.3 is 14.4 Å². The lowest BCUT2D eigenvalue weighted by molar-refractivity contribution is -0.147. The quantitative estimate of drug-likeness (QED) is 0.589. The lowest BCUT2D eigenvalue weighted by Crippen LogP contribution is -2.27. The molecule has 0 aliphatic carbocycles. The normalized spacial score (nSPS) is 16.4. The molecule has 6 nitrogen and oxygen atoms in total. The van der Waals surface area contributed by atoms with Gasteiger partial charge in [-0.3, -0.25) is 14.4 Å². The molecule has 134 valence electrons. The highest BCUT2D eigenvalue weighted by Gasteiger charge is 2.36. The molecule has 0 bridgehead atoms. The summed E-state index contributed by atoms with van der Waals surface area (Å²) in [6.07, 6.45) is 0.0844. The predicted octanol–water partition coefficient (Wildman–Crippen LogP) is 2.47. The van der Waals surface area contributed by atoms with Crippen LogP contribution in [0.5, 0.6) is 5.75 Å². The number of amides is 1. The fraction of sp³-hybridized carbons (Fsp3) is 0.250. The number of para-hydroxylation sites is 1. The van der Waals surface area contributed by atoms with E-state index < -0.39 is 11.9 Å². The highest BCUT2D eigenvalue weighted by Crippen LogP contribution is 2.25. The molecule has 1 aliphatic heterocycles. The van der Waals surface area contributed by atoms with E-state index >= 15 is 0 Å². The van der Waals surface area contributed by atoms with Crippen molar-refractivity contribution in [2.24, 2.45) is 5.92 Å². The average Bonchev–Trinajstić information content (AvgIpc) is 3.08. The minimum absolute atomic E-state index is 0.0844.